The minimum atomic E-state index is -0.125. The first kappa shape index (κ1) is 9.21. The first-order chi connectivity index (χ1) is 5.79. The number of rotatable bonds is 2. The van der Waals surface area contributed by atoms with Crippen LogP contribution >= 0.6 is 0 Å². The van der Waals surface area contributed by atoms with Crippen LogP contribution in [0.25, 0.3) is 0 Å². The lowest BCUT2D eigenvalue weighted by Crippen LogP contribution is -2.45. The molecule has 0 amide bonds. The molecule has 0 aromatic carbocycles. The van der Waals surface area contributed by atoms with Crippen LogP contribution < -0.4 is 0 Å². The van der Waals surface area contributed by atoms with Gasteiger partial charge in [0.25, 0.3) is 0 Å². The van der Waals surface area contributed by atoms with Crippen LogP contribution in [0.5, 0.6) is 0 Å². The maximum Gasteiger partial charge on any atom is 0.137 e. The number of nitrogens with zero attached hydrogens (tertiary/aromatic N) is 2. The summed E-state index contributed by atoms with van der Waals surface area (Å²) in [5, 5.41) is 8.69. The summed E-state index contributed by atoms with van der Waals surface area (Å²) in [4.78, 5) is 12.6. The van der Waals surface area contributed by atoms with Gasteiger partial charge in [0.1, 0.15) is 6.29 Å². The Labute approximate surface area is 73.0 Å². The van der Waals surface area contributed by atoms with Gasteiger partial charge in [0.2, 0.25) is 0 Å². The molecule has 1 aliphatic heterocycles. The van der Waals surface area contributed by atoms with Gasteiger partial charge in [-0.3, -0.25) is 4.90 Å². The van der Waals surface area contributed by atoms with E-state index in [0.717, 1.165) is 32.1 Å². The Balaban J connectivity index is 2.59. The van der Waals surface area contributed by atoms with E-state index in [4.69, 9.17) is 5.26 Å². The van der Waals surface area contributed by atoms with Crippen molar-refractivity contribution in [1.29, 1.82) is 5.26 Å². The number of hydrogen-bond acceptors (Lipinski definition) is 3. The first-order valence-corrected chi connectivity index (χ1v) is 4.40. The molecule has 0 N–H and O–H groups in total. The van der Waals surface area contributed by atoms with Crippen LogP contribution in [0.4, 0.5) is 0 Å². The average molecular weight is 166 g/mol. The summed E-state index contributed by atoms with van der Waals surface area (Å²) in [6.07, 6.45) is 4.09. The lowest BCUT2D eigenvalue weighted by Gasteiger charge is -2.33. The summed E-state index contributed by atoms with van der Waals surface area (Å²) in [6.45, 7) is 2.74. The van der Waals surface area contributed by atoms with Crippen LogP contribution in [0, 0.1) is 11.3 Å². The van der Waals surface area contributed by atoms with Crippen LogP contribution in [0.2, 0.25) is 0 Å². The third-order valence-corrected chi connectivity index (χ3v) is 2.43. The molecule has 66 valence electrons. The van der Waals surface area contributed by atoms with Gasteiger partial charge < -0.3 is 4.79 Å². The lowest BCUT2D eigenvalue weighted by atomic mass is 10.0. The van der Waals surface area contributed by atoms with Gasteiger partial charge >= 0.3 is 0 Å². The van der Waals surface area contributed by atoms with Crippen molar-refractivity contribution in [2.75, 3.05) is 6.54 Å². The molecule has 3 heteroatoms. The van der Waals surface area contributed by atoms with Gasteiger partial charge in [0.15, 0.2) is 0 Å². The van der Waals surface area contributed by atoms with Gasteiger partial charge in [-0.05, 0) is 19.8 Å². The highest BCUT2D eigenvalue weighted by Gasteiger charge is 2.25. The van der Waals surface area contributed by atoms with E-state index in [0.29, 0.717) is 0 Å². The second-order valence-corrected chi connectivity index (χ2v) is 3.24. The van der Waals surface area contributed by atoms with Crippen molar-refractivity contribution in [1.82, 2.24) is 4.90 Å². The molecule has 12 heavy (non-hydrogen) atoms. The van der Waals surface area contributed by atoms with Gasteiger partial charge in [-0.15, -0.1) is 0 Å². The maximum atomic E-state index is 10.6. The summed E-state index contributed by atoms with van der Waals surface area (Å²) in [6, 6.07) is 2.02. The van der Waals surface area contributed by atoms with Gasteiger partial charge in [0, 0.05) is 6.54 Å². The normalized spacial score (nSPS) is 27.5. The lowest BCUT2D eigenvalue weighted by molar-refractivity contribution is -0.113. The molecule has 0 aliphatic carbocycles. The van der Waals surface area contributed by atoms with Crippen LogP contribution in [0.3, 0.4) is 0 Å². The van der Waals surface area contributed by atoms with Crippen molar-refractivity contribution >= 4 is 6.29 Å². The summed E-state index contributed by atoms with van der Waals surface area (Å²) >= 11 is 0. The zero-order valence-electron chi connectivity index (χ0n) is 7.36. The van der Waals surface area contributed by atoms with Crippen LogP contribution in [0.1, 0.15) is 26.2 Å². The molecule has 1 fully saturated rings. The highest BCUT2D eigenvalue weighted by Crippen LogP contribution is 2.17. The number of hydrogen-bond donors (Lipinski definition) is 0. The summed E-state index contributed by atoms with van der Waals surface area (Å²) < 4.78 is 0. The van der Waals surface area contributed by atoms with Gasteiger partial charge in [-0.2, -0.15) is 5.26 Å². The Morgan fingerprint density at radius 2 is 2.42 bits per heavy atom. The van der Waals surface area contributed by atoms with Crippen molar-refractivity contribution in [3.8, 4) is 6.07 Å². The minimum absolute atomic E-state index is 0.0200. The molecule has 0 aromatic rings. The van der Waals surface area contributed by atoms with Crippen molar-refractivity contribution < 1.29 is 4.79 Å². The minimum Gasteiger partial charge on any atom is -0.302 e. The predicted molar refractivity (Wildman–Crippen MR) is 45.5 cm³/mol. The number of nitriles is 1. The van der Waals surface area contributed by atoms with Crippen molar-refractivity contribution in [3.63, 3.8) is 0 Å². The summed E-state index contributed by atoms with van der Waals surface area (Å²) in [5.41, 5.74) is 0. The number of carbonyl (C=O) groups is 1. The van der Waals surface area contributed by atoms with Gasteiger partial charge in [-0.25, -0.2) is 0 Å². The largest absolute Gasteiger partial charge is 0.302 e. The monoisotopic (exact) mass is 166 g/mol. The molecular weight excluding hydrogens is 152 g/mol. The first-order valence-electron chi connectivity index (χ1n) is 4.40. The third-order valence-electron chi connectivity index (χ3n) is 2.43. The van der Waals surface area contributed by atoms with E-state index in [1.54, 1.807) is 0 Å². The Bertz CT molecular complexity index is 197. The molecule has 2 unspecified atom stereocenters. The Morgan fingerprint density at radius 3 is 3.00 bits per heavy atom. The van der Waals surface area contributed by atoms with E-state index in [2.05, 4.69) is 6.07 Å². The number of aldehydes is 1. The van der Waals surface area contributed by atoms with Crippen molar-refractivity contribution in [2.45, 2.75) is 38.3 Å². The highest BCUT2D eigenvalue weighted by molar-refractivity contribution is 5.57. The zero-order valence-corrected chi connectivity index (χ0v) is 7.36. The fourth-order valence-electron chi connectivity index (χ4n) is 1.68. The molecular formula is C9H14N2O. The van der Waals surface area contributed by atoms with E-state index in [9.17, 15) is 4.79 Å². The van der Waals surface area contributed by atoms with Gasteiger partial charge in [0.05, 0.1) is 18.2 Å². The van der Waals surface area contributed by atoms with E-state index in [1.165, 1.54) is 0 Å². The highest BCUT2D eigenvalue weighted by atomic mass is 16.1. The number of likely N-dealkylation sites (tertiary alicyclic amines) is 1. The molecule has 0 aromatic heterocycles. The molecule has 0 saturated carbocycles. The van der Waals surface area contributed by atoms with E-state index in [1.807, 2.05) is 11.8 Å². The second kappa shape index (κ2) is 4.22. The molecule has 2 atom stereocenters. The number of carbonyl (C=O) groups excluding carboxylic acids is 1. The Kier molecular flexibility index (Phi) is 3.24. The summed E-state index contributed by atoms with van der Waals surface area (Å²) in [7, 11) is 0. The fraction of sp³-hybridized carbons (Fsp3) is 0.778. The van der Waals surface area contributed by atoms with Crippen molar-refractivity contribution in [2.24, 2.45) is 0 Å². The molecule has 0 spiro atoms. The second-order valence-electron chi connectivity index (χ2n) is 3.24. The molecule has 0 bridgehead atoms. The quantitative estimate of drug-likeness (QED) is 0.574. The van der Waals surface area contributed by atoms with E-state index < -0.39 is 0 Å². The average Bonchev–Trinajstić information content (AvgIpc) is 2.16. The Hall–Kier alpha value is -0.880. The third kappa shape index (κ3) is 1.83. The molecule has 3 nitrogen and oxygen atoms in total. The standard InChI is InChI=1S/C9H14N2O/c1-8(6-10)11-5-3-2-4-9(11)7-12/h7-9H,2-5H2,1H3. The maximum absolute atomic E-state index is 10.6. The SMILES string of the molecule is CC(C#N)N1CCCCC1C=O. The zero-order chi connectivity index (χ0) is 8.97. The van der Waals surface area contributed by atoms with Crippen LogP contribution in [0.15, 0.2) is 0 Å². The Morgan fingerprint density at radius 1 is 1.67 bits per heavy atom. The van der Waals surface area contributed by atoms with E-state index in [-0.39, 0.29) is 12.1 Å². The number of piperidine rings is 1. The van der Waals surface area contributed by atoms with Crippen molar-refractivity contribution in [3.05, 3.63) is 0 Å². The van der Waals surface area contributed by atoms with Gasteiger partial charge in [-0.1, -0.05) is 6.42 Å². The molecule has 1 heterocycles. The molecule has 1 aliphatic rings. The molecule has 1 saturated heterocycles. The van der Waals surface area contributed by atoms with Crippen LogP contribution in [-0.2, 0) is 4.79 Å². The fourth-order valence-corrected chi connectivity index (χ4v) is 1.68. The smallest absolute Gasteiger partial charge is 0.137 e. The molecule has 0 radical (unpaired) electrons. The topological polar surface area (TPSA) is 44.1 Å². The predicted octanol–water partition coefficient (Wildman–Crippen LogP) is 0.952. The van der Waals surface area contributed by atoms with E-state index >= 15 is 0 Å². The molecule has 1 rings (SSSR count). The summed E-state index contributed by atoms with van der Waals surface area (Å²) in [5.74, 6) is 0. The van der Waals surface area contributed by atoms with Crippen LogP contribution in [-0.4, -0.2) is 29.8 Å².